The summed E-state index contributed by atoms with van der Waals surface area (Å²) in [6.45, 7) is 2.85. The molecular formula is C15H20BrN3O. The molecule has 108 valence electrons. The van der Waals surface area contributed by atoms with Gasteiger partial charge in [0.05, 0.1) is 19.1 Å². The van der Waals surface area contributed by atoms with Crippen molar-refractivity contribution in [2.75, 3.05) is 7.11 Å². The number of halogens is 1. The number of nitrogens with zero attached hydrogens (tertiary/aromatic N) is 2. The Bertz CT molecular complexity index is 568. The van der Waals surface area contributed by atoms with Crippen LogP contribution in [0.5, 0.6) is 5.75 Å². The van der Waals surface area contributed by atoms with Crippen LogP contribution in [0.3, 0.4) is 0 Å². The maximum Gasteiger partial charge on any atom is 0.119 e. The third-order valence-electron chi connectivity index (χ3n) is 3.29. The molecule has 0 aliphatic heterocycles. The molecule has 0 fully saturated rings. The third kappa shape index (κ3) is 3.84. The van der Waals surface area contributed by atoms with Gasteiger partial charge in [-0.05, 0) is 30.2 Å². The second kappa shape index (κ2) is 6.90. The van der Waals surface area contributed by atoms with Gasteiger partial charge in [0, 0.05) is 29.7 Å². The number of ether oxygens (including phenoxy) is 1. The van der Waals surface area contributed by atoms with Crippen LogP contribution < -0.4 is 10.5 Å². The van der Waals surface area contributed by atoms with E-state index < -0.39 is 0 Å². The second-order valence-corrected chi connectivity index (χ2v) is 5.72. The average Bonchev–Trinajstić information content (AvgIpc) is 2.88. The molecule has 1 aromatic heterocycles. The van der Waals surface area contributed by atoms with Crippen molar-refractivity contribution in [3.8, 4) is 5.75 Å². The highest BCUT2D eigenvalue weighted by Gasteiger charge is 2.07. The molecule has 20 heavy (non-hydrogen) atoms. The minimum absolute atomic E-state index is 0.182. The van der Waals surface area contributed by atoms with Gasteiger partial charge in [-0.25, -0.2) is 4.98 Å². The molecule has 0 amide bonds. The Morgan fingerprint density at radius 1 is 1.45 bits per heavy atom. The van der Waals surface area contributed by atoms with Gasteiger partial charge in [-0.15, -0.1) is 0 Å². The summed E-state index contributed by atoms with van der Waals surface area (Å²) < 4.78 is 8.39. The molecule has 0 saturated carbocycles. The van der Waals surface area contributed by atoms with Gasteiger partial charge >= 0.3 is 0 Å². The Hall–Kier alpha value is -1.33. The number of nitrogens with two attached hydrogens (primary N) is 1. The second-order valence-electron chi connectivity index (χ2n) is 4.87. The van der Waals surface area contributed by atoms with Crippen LogP contribution in [0.1, 0.15) is 24.6 Å². The Kier molecular flexibility index (Phi) is 5.20. The minimum atomic E-state index is 0.182. The first-order valence-corrected chi connectivity index (χ1v) is 7.50. The van der Waals surface area contributed by atoms with Gasteiger partial charge in [0.2, 0.25) is 0 Å². The van der Waals surface area contributed by atoms with Gasteiger partial charge in [0.1, 0.15) is 5.75 Å². The Labute approximate surface area is 128 Å². The Morgan fingerprint density at radius 3 is 2.95 bits per heavy atom. The SMILES string of the molecule is CCC(N)Cc1cn(Cc2cc(OC)ccc2Br)cn1. The summed E-state index contributed by atoms with van der Waals surface area (Å²) >= 11 is 3.57. The van der Waals surface area contributed by atoms with E-state index in [2.05, 4.69) is 38.6 Å². The molecule has 0 aliphatic carbocycles. The van der Waals surface area contributed by atoms with Crippen molar-refractivity contribution in [3.05, 3.63) is 46.5 Å². The molecule has 2 rings (SSSR count). The summed E-state index contributed by atoms with van der Waals surface area (Å²) in [5.41, 5.74) is 8.16. The van der Waals surface area contributed by atoms with Crippen molar-refractivity contribution in [1.82, 2.24) is 9.55 Å². The van der Waals surface area contributed by atoms with Crippen molar-refractivity contribution in [1.29, 1.82) is 0 Å². The van der Waals surface area contributed by atoms with Crippen LogP contribution in [0.2, 0.25) is 0 Å². The fourth-order valence-corrected chi connectivity index (χ4v) is 2.38. The lowest BCUT2D eigenvalue weighted by atomic mass is 10.1. The summed E-state index contributed by atoms with van der Waals surface area (Å²) in [4.78, 5) is 4.41. The van der Waals surface area contributed by atoms with Crippen LogP contribution in [-0.4, -0.2) is 22.7 Å². The van der Waals surface area contributed by atoms with Crippen LogP contribution in [0, 0.1) is 0 Å². The van der Waals surface area contributed by atoms with E-state index in [-0.39, 0.29) is 6.04 Å². The molecule has 1 aromatic carbocycles. The zero-order valence-corrected chi connectivity index (χ0v) is 13.4. The van der Waals surface area contributed by atoms with Crippen LogP contribution >= 0.6 is 15.9 Å². The van der Waals surface area contributed by atoms with Crippen molar-refractivity contribution >= 4 is 15.9 Å². The lowest BCUT2D eigenvalue weighted by Gasteiger charge is -2.08. The Morgan fingerprint density at radius 2 is 2.25 bits per heavy atom. The summed E-state index contributed by atoms with van der Waals surface area (Å²) in [5.74, 6) is 0.858. The highest BCUT2D eigenvalue weighted by atomic mass is 79.9. The van der Waals surface area contributed by atoms with Crippen molar-refractivity contribution < 1.29 is 4.74 Å². The largest absolute Gasteiger partial charge is 0.497 e. The van der Waals surface area contributed by atoms with E-state index in [1.807, 2.05) is 24.5 Å². The van der Waals surface area contributed by atoms with Crippen molar-refractivity contribution in [2.24, 2.45) is 5.73 Å². The smallest absolute Gasteiger partial charge is 0.119 e. The summed E-state index contributed by atoms with van der Waals surface area (Å²) in [6.07, 6.45) is 5.70. The fraction of sp³-hybridized carbons (Fsp3) is 0.400. The molecule has 2 aromatic rings. The van der Waals surface area contributed by atoms with Gasteiger partial charge in [-0.2, -0.15) is 0 Å². The molecule has 0 bridgehead atoms. The van der Waals surface area contributed by atoms with Crippen LogP contribution in [-0.2, 0) is 13.0 Å². The summed E-state index contributed by atoms with van der Waals surface area (Å²) in [5, 5.41) is 0. The first kappa shape index (κ1) is 15.1. The number of imidazole rings is 1. The highest BCUT2D eigenvalue weighted by Crippen LogP contribution is 2.23. The van der Waals surface area contributed by atoms with Crippen LogP contribution in [0.15, 0.2) is 35.2 Å². The number of rotatable bonds is 6. The van der Waals surface area contributed by atoms with Crippen molar-refractivity contribution in [3.63, 3.8) is 0 Å². The Balaban J connectivity index is 2.10. The van der Waals surface area contributed by atoms with Crippen LogP contribution in [0.4, 0.5) is 0 Å². The lowest BCUT2D eigenvalue weighted by molar-refractivity contribution is 0.414. The topological polar surface area (TPSA) is 53.1 Å². The molecule has 2 N–H and O–H groups in total. The quantitative estimate of drug-likeness (QED) is 0.881. The van der Waals surface area contributed by atoms with E-state index in [0.717, 1.165) is 40.9 Å². The van der Waals surface area contributed by atoms with E-state index in [1.54, 1.807) is 7.11 Å². The van der Waals surface area contributed by atoms with Gasteiger partial charge < -0.3 is 15.0 Å². The zero-order valence-electron chi connectivity index (χ0n) is 11.8. The molecular weight excluding hydrogens is 318 g/mol. The number of hydrogen-bond acceptors (Lipinski definition) is 3. The van der Waals surface area contributed by atoms with Gasteiger partial charge in [0.25, 0.3) is 0 Å². The van der Waals surface area contributed by atoms with E-state index >= 15 is 0 Å². The molecule has 1 unspecified atom stereocenters. The summed E-state index contributed by atoms with van der Waals surface area (Å²) in [6, 6.07) is 6.15. The standard InChI is InChI=1S/C15H20BrN3O/c1-3-12(17)7-13-9-19(10-18-13)8-11-6-14(20-2)4-5-15(11)16/h4-6,9-10,12H,3,7-8,17H2,1-2H3. The maximum absolute atomic E-state index is 5.96. The van der Waals surface area contributed by atoms with Gasteiger partial charge in [0.15, 0.2) is 0 Å². The highest BCUT2D eigenvalue weighted by molar-refractivity contribution is 9.10. The van der Waals surface area contributed by atoms with E-state index in [4.69, 9.17) is 10.5 Å². The van der Waals surface area contributed by atoms with Crippen LogP contribution in [0.25, 0.3) is 0 Å². The third-order valence-corrected chi connectivity index (χ3v) is 4.06. The molecule has 0 spiro atoms. The summed E-state index contributed by atoms with van der Waals surface area (Å²) in [7, 11) is 1.68. The number of benzene rings is 1. The van der Waals surface area contributed by atoms with E-state index in [1.165, 1.54) is 0 Å². The number of hydrogen-bond donors (Lipinski definition) is 1. The van der Waals surface area contributed by atoms with Gasteiger partial charge in [-0.1, -0.05) is 22.9 Å². The fourth-order valence-electron chi connectivity index (χ4n) is 2.01. The molecule has 1 heterocycles. The van der Waals surface area contributed by atoms with Crippen molar-refractivity contribution in [2.45, 2.75) is 32.4 Å². The monoisotopic (exact) mass is 337 g/mol. The first-order chi connectivity index (χ1) is 9.62. The molecule has 4 nitrogen and oxygen atoms in total. The normalized spacial score (nSPS) is 12.4. The predicted octanol–water partition coefficient (Wildman–Crippen LogP) is 2.98. The molecule has 0 radical (unpaired) electrons. The molecule has 1 atom stereocenters. The molecule has 5 heteroatoms. The van der Waals surface area contributed by atoms with E-state index in [0.29, 0.717) is 0 Å². The zero-order chi connectivity index (χ0) is 14.5. The molecule has 0 saturated heterocycles. The minimum Gasteiger partial charge on any atom is -0.497 e. The number of methoxy groups -OCH3 is 1. The maximum atomic E-state index is 5.96. The average molecular weight is 338 g/mol. The first-order valence-electron chi connectivity index (χ1n) is 6.71. The molecule has 0 aliphatic rings. The van der Waals surface area contributed by atoms with Gasteiger partial charge in [-0.3, -0.25) is 0 Å². The predicted molar refractivity (Wildman–Crippen MR) is 84.0 cm³/mol. The lowest BCUT2D eigenvalue weighted by Crippen LogP contribution is -2.21. The number of aromatic nitrogens is 2. The van der Waals surface area contributed by atoms with E-state index in [9.17, 15) is 0 Å².